The Hall–Kier alpha value is -1.46. The normalized spacial score (nSPS) is 21.8. The SMILES string of the molecule is Cc1cccc(OCC2CCCN(Cc3csc(C4CC4)n3)C2)n1. The predicted octanol–water partition coefficient (Wildman–Crippen LogP) is 4.01. The first-order chi connectivity index (χ1) is 11.8. The first kappa shape index (κ1) is 16.0. The zero-order valence-electron chi connectivity index (χ0n) is 14.3. The number of rotatable bonds is 6. The van der Waals surface area contributed by atoms with Gasteiger partial charge in [0.05, 0.1) is 17.3 Å². The molecule has 4 rings (SSSR count). The van der Waals surface area contributed by atoms with Crippen molar-refractivity contribution < 1.29 is 4.74 Å². The lowest BCUT2D eigenvalue weighted by atomic mass is 9.99. The van der Waals surface area contributed by atoms with Crippen LogP contribution in [0.4, 0.5) is 0 Å². The Balaban J connectivity index is 1.28. The van der Waals surface area contributed by atoms with Gasteiger partial charge in [-0.1, -0.05) is 6.07 Å². The molecule has 2 aromatic heterocycles. The Morgan fingerprint density at radius 2 is 2.17 bits per heavy atom. The summed E-state index contributed by atoms with van der Waals surface area (Å²) in [6, 6.07) is 5.95. The van der Waals surface area contributed by atoms with Crippen molar-refractivity contribution in [2.75, 3.05) is 19.7 Å². The van der Waals surface area contributed by atoms with Gasteiger partial charge >= 0.3 is 0 Å². The molecule has 0 aromatic carbocycles. The van der Waals surface area contributed by atoms with E-state index in [1.807, 2.05) is 36.5 Å². The summed E-state index contributed by atoms with van der Waals surface area (Å²) >= 11 is 1.85. The lowest BCUT2D eigenvalue weighted by Gasteiger charge is -2.32. The van der Waals surface area contributed by atoms with Crippen molar-refractivity contribution in [3.8, 4) is 5.88 Å². The van der Waals surface area contributed by atoms with Crippen LogP contribution in [0.25, 0.3) is 0 Å². The van der Waals surface area contributed by atoms with Gasteiger partial charge in [-0.2, -0.15) is 0 Å². The highest BCUT2D eigenvalue weighted by atomic mass is 32.1. The van der Waals surface area contributed by atoms with Crippen molar-refractivity contribution in [3.63, 3.8) is 0 Å². The molecule has 0 radical (unpaired) electrons. The first-order valence-electron chi connectivity index (χ1n) is 8.99. The van der Waals surface area contributed by atoms with E-state index in [0.29, 0.717) is 5.92 Å². The van der Waals surface area contributed by atoms with Crippen LogP contribution in [0.1, 0.15) is 48.0 Å². The highest BCUT2D eigenvalue weighted by Gasteiger charge is 2.27. The van der Waals surface area contributed by atoms with Crippen LogP contribution < -0.4 is 4.74 Å². The van der Waals surface area contributed by atoms with E-state index < -0.39 is 0 Å². The van der Waals surface area contributed by atoms with Crippen molar-refractivity contribution in [2.24, 2.45) is 5.92 Å². The summed E-state index contributed by atoms with van der Waals surface area (Å²) in [5, 5.41) is 3.61. The number of hydrogen-bond donors (Lipinski definition) is 0. The van der Waals surface area contributed by atoms with Crippen LogP contribution in [0, 0.1) is 12.8 Å². The van der Waals surface area contributed by atoms with E-state index in [4.69, 9.17) is 9.72 Å². The van der Waals surface area contributed by atoms with Crippen molar-refractivity contribution in [3.05, 3.63) is 40.0 Å². The van der Waals surface area contributed by atoms with Crippen LogP contribution in [0.3, 0.4) is 0 Å². The van der Waals surface area contributed by atoms with E-state index in [-0.39, 0.29) is 0 Å². The molecule has 4 nitrogen and oxygen atoms in total. The van der Waals surface area contributed by atoms with E-state index in [2.05, 4.69) is 15.3 Å². The van der Waals surface area contributed by atoms with Crippen LogP contribution in [0.5, 0.6) is 5.88 Å². The summed E-state index contributed by atoms with van der Waals surface area (Å²) in [5.74, 6) is 2.11. The van der Waals surface area contributed by atoms with E-state index in [9.17, 15) is 0 Å². The Labute approximate surface area is 147 Å². The lowest BCUT2D eigenvalue weighted by Crippen LogP contribution is -2.37. The zero-order valence-corrected chi connectivity index (χ0v) is 15.1. The van der Waals surface area contributed by atoms with Crippen LogP contribution in [-0.4, -0.2) is 34.6 Å². The summed E-state index contributed by atoms with van der Waals surface area (Å²) in [6.07, 6.45) is 5.16. The van der Waals surface area contributed by atoms with Crippen molar-refractivity contribution in [1.29, 1.82) is 0 Å². The number of likely N-dealkylation sites (tertiary alicyclic amines) is 1. The standard InChI is InChI=1S/C19H25N3OS/c1-14-4-2-6-18(20-14)23-12-15-5-3-9-22(10-15)11-17-13-24-19(21-17)16-7-8-16/h2,4,6,13,15-16H,3,5,7-12H2,1H3. The molecule has 1 unspecified atom stereocenters. The second kappa shape index (κ2) is 7.19. The third kappa shape index (κ3) is 4.14. The molecule has 0 N–H and O–H groups in total. The molecule has 0 spiro atoms. The second-order valence-electron chi connectivity index (χ2n) is 7.12. The summed E-state index contributed by atoms with van der Waals surface area (Å²) in [4.78, 5) is 11.8. The quantitative estimate of drug-likeness (QED) is 0.794. The molecule has 1 saturated carbocycles. The third-order valence-corrected chi connectivity index (χ3v) is 5.87. The van der Waals surface area contributed by atoms with Crippen LogP contribution in [-0.2, 0) is 6.54 Å². The van der Waals surface area contributed by atoms with Crippen LogP contribution >= 0.6 is 11.3 Å². The fourth-order valence-electron chi connectivity index (χ4n) is 3.37. The molecule has 24 heavy (non-hydrogen) atoms. The maximum absolute atomic E-state index is 5.92. The van der Waals surface area contributed by atoms with Gasteiger partial charge < -0.3 is 4.74 Å². The summed E-state index contributed by atoms with van der Waals surface area (Å²) < 4.78 is 5.92. The molecule has 0 amide bonds. The molecule has 2 aromatic rings. The highest BCUT2D eigenvalue weighted by molar-refractivity contribution is 7.09. The van der Waals surface area contributed by atoms with Gasteiger partial charge in [0, 0.05) is 42.1 Å². The Kier molecular flexibility index (Phi) is 4.81. The van der Waals surface area contributed by atoms with Gasteiger partial charge in [-0.3, -0.25) is 4.90 Å². The fourth-order valence-corrected chi connectivity index (χ4v) is 4.36. The molecule has 1 atom stereocenters. The zero-order chi connectivity index (χ0) is 16.4. The molecule has 2 fully saturated rings. The minimum absolute atomic E-state index is 0.586. The van der Waals surface area contributed by atoms with E-state index in [0.717, 1.165) is 37.2 Å². The van der Waals surface area contributed by atoms with Gasteiger partial charge in [0.15, 0.2) is 0 Å². The molecular weight excluding hydrogens is 318 g/mol. The second-order valence-corrected chi connectivity index (χ2v) is 8.01. The van der Waals surface area contributed by atoms with Crippen molar-refractivity contribution in [2.45, 2.75) is 45.1 Å². The van der Waals surface area contributed by atoms with Gasteiger partial charge in [0.2, 0.25) is 5.88 Å². The van der Waals surface area contributed by atoms with Crippen LogP contribution in [0.2, 0.25) is 0 Å². The van der Waals surface area contributed by atoms with E-state index in [1.165, 1.54) is 42.9 Å². The maximum atomic E-state index is 5.92. The third-order valence-electron chi connectivity index (χ3n) is 4.81. The minimum Gasteiger partial charge on any atom is -0.477 e. The molecule has 128 valence electrons. The number of nitrogens with zero attached hydrogens (tertiary/aromatic N) is 3. The first-order valence-corrected chi connectivity index (χ1v) is 9.87. The van der Waals surface area contributed by atoms with Gasteiger partial charge in [-0.15, -0.1) is 11.3 Å². The van der Waals surface area contributed by atoms with Gasteiger partial charge in [-0.05, 0) is 45.2 Å². The molecule has 3 heterocycles. The van der Waals surface area contributed by atoms with Gasteiger partial charge in [0.25, 0.3) is 0 Å². The molecule has 1 saturated heterocycles. The summed E-state index contributed by atoms with van der Waals surface area (Å²) in [5.41, 5.74) is 2.26. The largest absolute Gasteiger partial charge is 0.477 e. The minimum atomic E-state index is 0.586. The number of aryl methyl sites for hydroxylation is 1. The van der Waals surface area contributed by atoms with Crippen LogP contribution in [0.15, 0.2) is 23.6 Å². The topological polar surface area (TPSA) is 38.2 Å². The average Bonchev–Trinajstić information content (AvgIpc) is 3.34. The summed E-state index contributed by atoms with van der Waals surface area (Å²) in [6.45, 7) is 6.02. The van der Waals surface area contributed by atoms with E-state index >= 15 is 0 Å². The molecule has 0 bridgehead atoms. The Bertz CT molecular complexity index is 683. The maximum Gasteiger partial charge on any atom is 0.213 e. The number of thiazole rings is 1. The number of piperidine rings is 1. The molecule has 2 aliphatic rings. The highest BCUT2D eigenvalue weighted by Crippen LogP contribution is 2.41. The lowest BCUT2D eigenvalue weighted by molar-refractivity contribution is 0.122. The van der Waals surface area contributed by atoms with Crippen molar-refractivity contribution in [1.82, 2.24) is 14.9 Å². The Morgan fingerprint density at radius 1 is 1.25 bits per heavy atom. The molecule has 5 heteroatoms. The number of pyridine rings is 1. The van der Waals surface area contributed by atoms with Crippen molar-refractivity contribution >= 4 is 11.3 Å². The fraction of sp³-hybridized carbons (Fsp3) is 0.579. The number of aromatic nitrogens is 2. The van der Waals surface area contributed by atoms with E-state index in [1.54, 1.807) is 0 Å². The molecular formula is C19H25N3OS. The number of hydrogen-bond acceptors (Lipinski definition) is 5. The summed E-state index contributed by atoms with van der Waals surface area (Å²) in [7, 11) is 0. The van der Waals surface area contributed by atoms with Gasteiger partial charge in [-0.25, -0.2) is 9.97 Å². The smallest absolute Gasteiger partial charge is 0.213 e. The number of ether oxygens (including phenoxy) is 1. The molecule has 1 aliphatic carbocycles. The molecule has 1 aliphatic heterocycles. The predicted molar refractivity (Wildman–Crippen MR) is 96.6 cm³/mol. The Morgan fingerprint density at radius 3 is 3.00 bits per heavy atom. The van der Waals surface area contributed by atoms with Gasteiger partial charge in [0.1, 0.15) is 0 Å². The average molecular weight is 343 g/mol. The monoisotopic (exact) mass is 343 g/mol.